The van der Waals surface area contributed by atoms with Crippen LogP contribution in [0.15, 0.2) is 54.6 Å². The molecule has 0 radical (unpaired) electrons. The third kappa shape index (κ3) is 2.47. The molecule has 1 aromatic heterocycles. The number of hydrogen-bond donors (Lipinski definition) is 0. The summed E-state index contributed by atoms with van der Waals surface area (Å²) >= 11 is 0. The lowest BCUT2D eigenvalue weighted by molar-refractivity contribution is 0.412. The molecule has 0 unspecified atom stereocenters. The minimum Gasteiger partial charge on any atom is -0.248 e. The summed E-state index contributed by atoms with van der Waals surface area (Å²) < 4.78 is 0. The summed E-state index contributed by atoms with van der Waals surface area (Å²) in [5.74, 6) is 0. The second-order valence-electron chi connectivity index (χ2n) is 9.78. The van der Waals surface area contributed by atoms with Gasteiger partial charge < -0.3 is 0 Å². The van der Waals surface area contributed by atoms with E-state index in [2.05, 4.69) is 89.2 Å². The lowest BCUT2D eigenvalue weighted by Crippen LogP contribution is -2.26. The normalized spacial score (nSPS) is 15.0. The number of rotatable bonds is 1. The first-order valence-corrected chi connectivity index (χ1v) is 10.1. The summed E-state index contributed by atoms with van der Waals surface area (Å²) in [4.78, 5) is 10.4. The lowest BCUT2D eigenvalue weighted by atomic mass is 9.72. The van der Waals surface area contributed by atoms with Gasteiger partial charge >= 0.3 is 0 Å². The molecule has 140 valence electrons. The maximum absolute atomic E-state index is 5.28. The Kier molecular flexibility index (Phi) is 3.49. The van der Waals surface area contributed by atoms with Crippen LogP contribution in [0.1, 0.15) is 51.4 Å². The number of aromatic nitrogens is 2. The zero-order valence-corrected chi connectivity index (χ0v) is 17.3. The van der Waals surface area contributed by atoms with Gasteiger partial charge in [0.2, 0.25) is 0 Å². The van der Waals surface area contributed by atoms with Crippen molar-refractivity contribution in [2.24, 2.45) is 5.41 Å². The molecule has 0 amide bonds. The second-order valence-corrected chi connectivity index (χ2v) is 9.78. The Morgan fingerprint density at radius 2 is 1.57 bits per heavy atom. The van der Waals surface area contributed by atoms with Crippen LogP contribution in [-0.4, -0.2) is 9.97 Å². The van der Waals surface area contributed by atoms with Gasteiger partial charge in [0.05, 0.1) is 22.4 Å². The van der Waals surface area contributed by atoms with E-state index in [1.54, 1.807) is 0 Å². The fourth-order valence-electron chi connectivity index (χ4n) is 4.66. The molecule has 0 atom stereocenters. The van der Waals surface area contributed by atoms with Crippen molar-refractivity contribution in [2.45, 2.75) is 46.5 Å². The molecular formula is C26H26N2. The molecule has 28 heavy (non-hydrogen) atoms. The minimum atomic E-state index is -0.181. The molecule has 5 rings (SSSR count). The first kappa shape index (κ1) is 17.4. The fourth-order valence-corrected chi connectivity index (χ4v) is 4.66. The number of nitrogens with zero attached hydrogens (tertiary/aromatic N) is 2. The summed E-state index contributed by atoms with van der Waals surface area (Å²) in [6, 6.07) is 19.5. The topological polar surface area (TPSA) is 25.8 Å². The van der Waals surface area contributed by atoms with E-state index in [0.29, 0.717) is 0 Å². The van der Waals surface area contributed by atoms with Crippen LogP contribution in [0.4, 0.5) is 0 Å². The fraction of sp³-hybridized carbons (Fsp3) is 0.308. The summed E-state index contributed by atoms with van der Waals surface area (Å²) in [5.41, 5.74) is 8.03. The molecule has 0 bridgehead atoms. The van der Waals surface area contributed by atoms with Crippen molar-refractivity contribution in [2.75, 3.05) is 0 Å². The highest BCUT2D eigenvalue weighted by molar-refractivity contribution is 6.02. The van der Waals surface area contributed by atoms with E-state index < -0.39 is 0 Å². The summed E-state index contributed by atoms with van der Waals surface area (Å²) in [6.07, 6.45) is 0.990. The smallest absolute Gasteiger partial charge is 0.0940 e. The summed E-state index contributed by atoms with van der Waals surface area (Å²) in [7, 11) is 0. The van der Waals surface area contributed by atoms with E-state index in [1.165, 1.54) is 27.5 Å². The molecule has 0 spiro atoms. The molecule has 1 aliphatic rings. The molecule has 1 heterocycles. The Morgan fingerprint density at radius 3 is 2.32 bits per heavy atom. The molecule has 3 aromatic carbocycles. The van der Waals surface area contributed by atoms with Crippen LogP contribution >= 0.6 is 0 Å². The van der Waals surface area contributed by atoms with E-state index in [1.807, 2.05) is 0 Å². The van der Waals surface area contributed by atoms with Crippen molar-refractivity contribution in [3.63, 3.8) is 0 Å². The lowest BCUT2D eigenvalue weighted by Gasteiger charge is -2.33. The van der Waals surface area contributed by atoms with Gasteiger partial charge in [0.1, 0.15) is 0 Å². The van der Waals surface area contributed by atoms with E-state index in [4.69, 9.17) is 9.97 Å². The third-order valence-electron chi connectivity index (χ3n) is 5.92. The SMILES string of the molecule is CC(C)(C)Cc1cccc2nc3c(nc12)C(C)(C)c1cccc2cccc-3c12. The molecule has 1 aliphatic carbocycles. The molecule has 0 fully saturated rings. The van der Waals surface area contributed by atoms with Crippen molar-refractivity contribution < 1.29 is 0 Å². The zero-order chi connectivity index (χ0) is 19.7. The van der Waals surface area contributed by atoms with Crippen LogP contribution < -0.4 is 0 Å². The van der Waals surface area contributed by atoms with Crippen LogP contribution in [0.3, 0.4) is 0 Å². The molecule has 0 N–H and O–H groups in total. The average molecular weight is 367 g/mol. The van der Waals surface area contributed by atoms with Gasteiger partial charge in [-0.05, 0) is 39.8 Å². The quantitative estimate of drug-likeness (QED) is 0.375. The first-order valence-electron chi connectivity index (χ1n) is 10.1. The molecule has 2 heteroatoms. The molecule has 2 nitrogen and oxygen atoms in total. The summed E-state index contributed by atoms with van der Waals surface area (Å²) in [5, 5.41) is 2.60. The Labute approximate surface area is 166 Å². The van der Waals surface area contributed by atoms with Crippen LogP contribution in [0, 0.1) is 5.41 Å². The number of para-hydroxylation sites is 1. The van der Waals surface area contributed by atoms with Crippen LogP contribution in [0.5, 0.6) is 0 Å². The minimum absolute atomic E-state index is 0.181. The summed E-state index contributed by atoms with van der Waals surface area (Å²) in [6.45, 7) is 11.4. The highest BCUT2D eigenvalue weighted by Crippen LogP contribution is 2.47. The van der Waals surface area contributed by atoms with Gasteiger partial charge in [0.25, 0.3) is 0 Å². The van der Waals surface area contributed by atoms with Gasteiger partial charge in [0, 0.05) is 11.0 Å². The third-order valence-corrected chi connectivity index (χ3v) is 5.92. The number of hydrogen-bond acceptors (Lipinski definition) is 2. The molecule has 4 aromatic rings. The number of benzene rings is 3. The van der Waals surface area contributed by atoms with Gasteiger partial charge in [-0.25, -0.2) is 9.97 Å². The Hall–Kier alpha value is -2.74. The van der Waals surface area contributed by atoms with Gasteiger partial charge in [0.15, 0.2) is 0 Å². The van der Waals surface area contributed by atoms with E-state index in [0.717, 1.165) is 28.8 Å². The Bertz CT molecular complexity index is 1240. The van der Waals surface area contributed by atoms with Crippen molar-refractivity contribution in [3.05, 3.63) is 71.4 Å². The second kappa shape index (κ2) is 5.64. The predicted octanol–water partition coefficient (Wildman–Crippen LogP) is 6.68. The maximum Gasteiger partial charge on any atom is 0.0940 e. The average Bonchev–Trinajstić information content (AvgIpc) is 2.64. The van der Waals surface area contributed by atoms with E-state index >= 15 is 0 Å². The van der Waals surface area contributed by atoms with Crippen molar-refractivity contribution in [1.82, 2.24) is 9.97 Å². The van der Waals surface area contributed by atoms with Crippen LogP contribution in [-0.2, 0) is 11.8 Å². The largest absolute Gasteiger partial charge is 0.248 e. The maximum atomic E-state index is 5.28. The Balaban J connectivity index is 1.87. The van der Waals surface area contributed by atoms with Crippen LogP contribution in [0.25, 0.3) is 33.1 Å². The number of fused-ring (bicyclic) bond motifs is 3. The van der Waals surface area contributed by atoms with Gasteiger partial charge in [-0.15, -0.1) is 0 Å². The van der Waals surface area contributed by atoms with Gasteiger partial charge in [-0.1, -0.05) is 83.1 Å². The molecular weight excluding hydrogens is 340 g/mol. The van der Waals surface area contributed by atoms with Crippen molar-refractivity contribution in [3.8, 4) is 11.3 Å². The van der Waals surface area contributed by atoms with Gasteiger partial charge in [-0.2, -0.15) is 0 Å². The highest BCUT2D eigenvalue weighted by Gasteiger charge is 2.36. The van der Waals surface area contributed by atoms with E-state index in [9.17, 15) is 0 Å². The molecule has 0 saturated heterocycles. The van der Waals surface area contributed by atoms with Crippen molar-refractivity contribution in [1.29, 1.82) is 0 Å². The highest BCUT2D eigenvalue weighted by atomic mass is 14.9. The molecule has 0 aliphatic heterocycles. The first-order chi connectivity index (χ1) is 13.3. The zero-order valence-electron chi connectivity index (χ0n) is 17.3. The monoisotopic (exact) mass is 366 g/mol. The molecule has 0 saturated carbocycles. The standard InChI is InChI=1S/C26H26N2/c1-25(2,3)15-17-11-8-14-20-22(17)28-24-23(27-20)18-12-6-9-16-10-7-13-19(21(16)18)26(24,4)5/h6-14H,15H2,1-5H3. The predicted molar refractivity (Wildman–Crippen MR) is 118 cm³/mol. The Morgan fingerprint density at radius 1 is 0.857 bits per heavy atom. The van der Waals surface area contributed by atoms with Crippen LogP contribution in [0.2, 0.25) is 0 Å². The van der Waals surface area contributed by atoms with Gasteiger partial charge in [-0.3, -0.25) is 0 Å². The van der Waals surface area contributed by atoms with Crippen molar-refractivity contribution >= 4 is 21.8 Å². The van der Waals surface area contributed by atoms with E-state index in [-0.39, 0.29) is 10.8 Å².